The van der Waals surface area contributed by atoms with Crippen molar-refractivity contribution in [2.75, 3.05) is 6.54 Å². The monoisotopic (exact) mass is 430 g/mol. The van der Waals surface area contributed by atoms with Gasteiger partial charge in [0, 0.05) is 23.0 Å². The Morgan fingerprint density at radius 2 is 1.94 bits per heavy atom. The molecule has 0 radical (unpaired) electrons. The number of fused-ring (bicyclic) bond motifs is 1. The van der Waals surface area contributed by atoms with E-state index < -0.39 is 5.92 Å². The lowest BCUT2D eigenvalue weighted by molar-refractivity contribution is -0.124. The van der Waals surface area contributed by atoms with Gasteiger partial charge >= 0.3 is 0 Å². The summed E-state index contributed by atoms with van der Waals surface area (Å²) >= 11 is 1.71. The maximum absolute atomic E-state index is 13.6. The zero-order valence-corrected chi connectivity index (χ0v) is 18.4. The van der Waals surface area contributed by atoms with E-state index in [2.05, 4.69) is 41.9 Å². The van der Waals surface area contributed by atoms with Gasteiger partial charge in [0.2, 0.25) is 5.91 Å². The average Bonchev–Trinajstić information content (AvgIpc) is 3.48. The molecule has 2 amide bonds. The third-order valence-electron chi connectivity index (χ3n) is 6.23. The molecule has 2 atom stereocenters. The predicted octanol–water partition coefficient (Wildman–Crippen LogP) is 4.86. The molecule has 0 spiro atoms. The Bertz CT molecular complexity index is 1100. The van der Waals surface area contributed by atoms with Gasteiger partial charge in [-0.2, -0.15) is 0 Å². The van der Waals surface area contributed by atoms with Crippen molar-refractivity contribution in [2.45, 2.75) is 44.2 Å². The van der Waals surface area contributed by atoms with Crippen LogP contribution in [-0.2, 0) is 11.2 Å². The first kappa shape index (κ1) is 20.0. The van der Waals surface area contributed by atoms with E-state index in [1.165, 1.54) is 4.88 Å². The minimum Gasteiger partial charge on any atom is -0.355 e. The van der Waals surface area contributed by atoms with Crippen molar-refractivity contribution in [1.82, 2.24) is 10.2 Å². The van der Waals surface area contributed by atoms with Gasteiger partial charge in [-0.05, 0) is 54.8 Å². The van der Waals surface area contributed by atoms with Crippen molar-refractivity contribution in [3.05, 3.63) is 93.2 Å². The topological polar surface area (TPSA) is 49.4 Å². The molecule has 0 unspecified atom stereocenters. The highest BCUT2D eigenvalue weighted by Crippen LogP contribution is 2.47. The van der Waals surface area contributed by atoms with Gasteiger partial charge in [-0.15, -0.1) is 11.3 Å². The largest absolute Gasteiger partial charge is 0.355 e. The Morgan fingerprint density at radius 1 is 1.10 bits per heavy atom. The van der Waals surface area contributed by atoms with Crippen LogP contribution in [0.3, 0.4) is 0 Å². The van der Waals surface area contributed by atoms with Crippen molar-refractivity contribution < 1.29 is 9.59 Å². The third kappa shape index (κ3) is 3.90. The van der Waals surface area contributed by atoms with Crippen LogP contribution in [-0.4, -0.2) is 29.3 Å². The first-order valence-corrected chi connectivity index (χ1v) is 11.8. The zero-order chi connectivity index (χ0) is 21.4. The molecule has 1 N–H and O–H groups in total. The van der Waals surface area contributed by atoms with E-state index in [9.17, 15) is 9.59 Å². The molecular weight excluding hydrogens is 404 g/mol. The number of hydrogen-bond donors (Lipinski definition) is 1. The van der Waals surface area contributed by atoms with E-state index in [0.717, 1.165) is 36.0 Å². The molecule has 4 nitrogen and oxygen atoms in total. The molecular formula is C26H26N2O2S. The average molecular weight is 431 g/mol. The maximum atomic E-state index is 13.6. The molecule has 0 bridgehead atoms. The van der Waals surface area contributed by atoms with E-state index in [1.807, 2.05) is 41.3 Å². The van der Waals surface area contributed by atoms with Gasteiger partial charge in [0.25, 0.3) is 5.91 Å². The number of nitrogens with one attached hydrogen (secondary N) is 1. The van der Waals surface area contributed by atoms with Crippen LogP contribution in [0.4, 0.5) is 0 Å². The van der Waals surface area contributed by atoms with E-state index in [1.54, 1.807) is 11.3 Å². The number of benzene rings is 2. The fourth-order valence-corrected chi connectivity index (χ4v) is 5.38. The second-order valence-corrected chi connectivity index (χ2v) is 9.52. The lowest BCUT2D eigenvalue weighted by Crippen LogP contribution is -2.48. The van der Waals surface area contributed by atoms with Gasteiger partial charge in [0.1, 0.15) is 0 Å². The van der Waals surface area contributed by atoms with Gasteiger partial charge < -0.3 is 10.2 Å². The summed E-state index contributed by atoms with van der Waals surface area (Å²) < 4.78 is 0. The van der Waals surface area contributed by atoms with Gasteiger partial charge in [-0.3, -0.25) is 9.59 Å². The number of thiophene rings is 1. The second-order valence-electron chi connectivity index (χ2n) is 8.49. The molecule has 5 rings (SSSR count). The summed E-state index contributed by atoms with van der Waals surface area (Å²) in [6, 6.07) is 19.9. The molecule has 31 heavy (non-hydrogen) atoms. The zero-order valence-electron chi connectivity index (χ0n) is 17.6. The summed E-state index contributed by atoms with van der Waals surface area (Å²) in [6.45, 7) is 2.65. The third-order valence-corrected chi connectivity index (χ3v) is 7.17. The number of rotatable bonds is 6. The Labute approximate surface area is 186 Å². The molecule has 2 aliphatic rings. The second kappa shape index (κ2) is 8.31. The lowest BCUT2D eigenvalue weighted by atomic mass is 9.78. The number of amides is 2. The first-order chi connectivity index (χ1) is 15.1. The van der Waals surface area contributed by atoms with Crippen molar-refractivity contribution in [2.24, 2.45) is 0 Å². The number of nitrogens with zero attached hydrogens (tertiary/aromatic N) is 1. The molecule has 2 heterocycles. The van der Waals surface area contributed by atoms with E-state index in [-0.39, 0.29) is 23.9 Å². The predicted molar refractivity (Wildman–Crippen MR) is 123 cm³/mol. The normalized spacial score (nSPS) is 20.4. The SMILES string of the molecule is Cc1cccc([C@@H]2[C@@H](C(=O)NCCc3cccs3)c3ccccc3C(=O)N2C2CC2)c1. The Kier molecular flexibility index (Phi) is 5.36. The minimum atomic E-state index is -0.417. The van der Waals surface area contributed by atoms with Crippen LogP contribution >= 0.6 is 11.3 Å². The summed E-state index contributed by atoms with van der Waals surface area (Å²) in [7, 11) is 0. The van der Waals surface area contributed by atoms with Gasteiger partial charge in [-0.1, -0.05) is 54.1 Å². The number of aryl methyl sites for hydroxylation is 1. The van der Waals surface area contributed by atoms with Gasteiger partial charge in [0.05, 0.1) is 12.0 Å². The van der Waals surface area contributed by atoms with Crippen LogP contribution in [0, 0.1) is 6.92 Å². The first-order valence-electron chi connectivity index (χ1n) is 10.9. The van der Waals surface area contributed by atoms with Crippen LogP contribution in [0.25, 0.3) is 0 Å². The maximum Gasteiger partial charge on any atom is 0.254 e. The Hall–Kier alpha value is -2.92. The van der Waals surface area contributed by atoms with Crippen LogP contribution < -0.4 is 5.32 Å². The molecule has 1 saturated carbocycles. The van der Waals surface area contributed by atoms with Gasteiger partial charge in [0.15, 0.2) is 0 Å². The fourth-order valence-electron chi connectivity index (χ4n) is 4.67. The summed E-state index contributed by atoms with van der Waals surface area (Å²) in [4.78, 5) is 30.4. The summed E-state index contributed by atoms with van der Waals surface area (Å²) in [5, 5.41) is 5.23. The van der Waals surface area contributed by atoms with Crippen molar-refractivity contribution in [3.8, 4) is 0 Å². The van der Waals surface area contributed by atoms with Crippen LogP contribution in [0.1, 0.15) is 56.7 Å². The smallest absolute Gasteiger partial charge is 0.254 e. The Morgan fingerprint density at radius 3 is 2.68 bits per heavy atom. The fraction of sp³-hybridized carbons (Fsp3) is 0.308. The van der Waals surface area contributed by atoms with E-state index >= 15 is 0 Å². The van der Waals surface area contributed by atoms with Crippen LogP contribution in [0.2, 0.25) is 0 Å². The minimum absolute atomic E-state index is 0.00587. The molecule has 1 aliphatic carbocycles. The Balaban J connectivity index is 1.53. The lowest BCUT2D eigenvalue weighted by Gasteiger charge is -2.42. The molecule has 1 aromatic heterocycles. The van der Waals surface area contributed by atoms with Crippen molar-refractivity contribution in [3.63, 3.8) is 0 Å². The van der Waals surface area contributed by atoms with Crippen molar-refractivity contribution >= 4 is 23.2 Å². The number of carbonyl (C=O) groups is 2. The van der Waals surface area contributed by atoms with Crippen LogP contribution in [0.15, 0.2) is 66.0 Å². The van der Waals surface area contributed by atoms with Crippen LogP contribution in [0.5, 0.6) is 0 Å². The van der Waals surface area contributed by atoms with Crippen molar-refractivity contribution in [1.29, 1.82) is 0 Å². The summed E-state index contributed by atoms with van der Waals surface area (Å²) in [6.07, 6.45) is 2.82. The highest BCUT2D eigenvalue weighted by atomic mass is 32.1. The van der Waals surface area contributed by atoms with E-state index in [4.69, 9.17) is 0 Å². The standard InChI is InChI=1S/C26H26N2O2S/c1-17-6-4-7-18(16-17)24-23(25(29)27-14-13-20-8-5-15-31-20)21-9-2-3-10-22(21)26(30)28(24)19-11-12-19/h2-10,15-16,19,23-24H,11-14H2,1H3,(H,27,29)/t23-,24+/m0/s1. The molecule has 3 aromatic rings. The summed E-state index contributed by atoms with van der Waals surface area (Å²) in [5.41, 5.74) is 3.67. The summed E-state index contributed by atoms with van der Waals surface area (Å²) in [5.74, 6) is -0.375. The van der Waals surface area contributed by atoms with E-state index in [0.29, 0.717) is 12.1 Å². The number of hydrogen-bond acceptors (Lipinski definition) is 3. The molecule has 158 valence electrons. The molecule has 0 saturated heterocycles. The molecule has 1 aliphatic heterocycles. The molecule has 5 heteroatoms. The van der Waals surface area contributed by atoms with Gasteiger partial charge in [-0.25, -0.2) is 0 Å². The number of carbonyl (C=O) groups excluding carboxylic acids is 2. The quantitative estimate of drug-likeness (QED) is 0.607. The molecule has 2 aromatic carbocycles. The highest BCUT2D eigenvalue weighted by Gasteiger charge is 2.48. The molecule has 1 fully saturated rings. The highest BCUT2D eigenvalue weighted by molar-refractivity contribution is 7.09.